The van der Waals surface area contributed by atoms with Gasteiger partial charge in [-0.25, -0.2) is 9.59 Å². The van der Waals surface area contributed by atoms with Gasteiger partial charge in [-0.3, -0.25) is 14.6 Å². The SMILES string of the molecule is C=CCN1C(=O)N[C@H](c2ccc(Cl)c(Cl)c2)C(C(=O)OCC)=C1CN1CCN(C(=O)C(C)C)CC1. The molecule has 190 valence electrons. The van der Waals surface area contributed by atoms with Crippen molar-refractivity contribution in [3.05, 3.63) is 57.7 Å². The number of hydrogen-bond donors (Lipinski definition) is 1. The van der Waals surface area contributed by atoms with Gasteiger partial charge in [0.05, 0.1) is 28.3 Å². The van der Waals surface area contributed by atoms with E-state index in [0.717, 1.165) is 0 Å². The van der Waals surface area contributed by atoms with E-state index in [1.165, 1.54) is 4.90 Å². The largest absolute Gasteiger partial charge is 0.463 e. The molecule has 1 aromatic rings. The number of urea groups is 1. The summed E-state index contributed by atoms with van der Waals surface area (Å²) in [6, 6.07) is 3.91. The molecule has 0 spiro atoms. The lowest BCUT2D eigenvalue weighted by atomic mass is 9.94. The molecule has 35 heavy (non-hydrogen) atoms. The van der Waals surface area contributed by atoms with Crippen LogP contribution in [0.15, 0.2) is 42.1 Å². The molecular weight excluding hydrogens is 491 g/mol. The predicted molar refractivity (Wildman–Crippen MR) is 136 cm³/mol. The fourth-order valence-electron chi connectivity index (χ4n) is 4.29. The average molecular weight is 523 g/mol. The van der Waals surface area contributed by atoms with E-state index in [1.807, 2.05) is 18.7 Å². The van der Waals surface area contributed by atoms with Gasteiger partial charge in [-0.15, -0.1) is 6.58 Å². The van der Waals surface area contributed by atoms with Crippen LogP contribution < -0.4 is 5.32 Å². The highest BCUT2D eigenvalue weighted by Gasteiger charge is 2.39. The molecule has 10 heteroatoms. The van der Waals surface area contributed by atoms with Gasteiger partial charge in [0.1, 0.15) is 0 Å². The number of halogens is 2. The molecule has 1 N–H and O–H groups in total. The van der Waals surface area contributed by atoms with Crippen molar-refractivity contribution in [3.63, 3.8) is 0 Å². The molecule has 2 aliphatic heterocycles. The van der Waals surface area contributed by atoms with Crippen LogP contribution in [0.3, 0.4) is 0 Å². The first-order valence-corrected chi connectivity index (χ1v) is 12.5. The lowest BCUT2D eigenvalue weighted by molar-refractivity contribution is -0.139. The molecule has 1 saturated heterocycles. The van der Waals surface area contributed by atoms with E-state index in [0.29, 0.717) is 59.6 Å². The van der Waals surface area contributed by atoms with Crippen LogP contribution in [0.25, 0.3) is 0 Å². The Morgan fingerprint density at radius 2 is 1.89 bits per heavy atom. The van der Waals surface area contributed by atoms with Gasteiger partial charge in [0, 0.05) is 50.9 Å². The molecular formula is C25H32Cl2N4O4. The average Bonchev–Trinajstić information content (AvgIpc) is 2.83. The van der Waals surface area contributed by atoms with Crippen molar-refractivity contribution in [1.82, 2.24) is 20.0 Å². The fourth-order valence-corrected chi connectivity index (χ4v) is 4.60. The van der Waals surface area contributed by atoms with Crippen LogP contribution in [0, 0.1) is 5.92 Å². The van der Waals surface area contributed by atoms with Gasteiger partial charge < -0.3 is 15.0 Å². The van der Waals surface area contributed by atoms with Crippen molar-refractivity contribution in [1.29, 1.82) is 0 Å². The van der Waals surface area contributed by atoms with Crippen molar-refractivity contribution >= 4 is 41.1 Å². The Labute approximate surface area is 216 Å². The van der Waals surface area contributed by atoms with E-state index in [2.05, 4.69) is 16.8 Å². The Morgan fingerprint density at radius 1 is 1.20 bits per heavy atom. The molecule has 0 radical (unpaired) electrons. The van der Waals surface area contributed by atoms with E-state index >= 15 is 0 Å². The molecule has 8 nitrogen and oxygen atoms in total. The lowest BCUT2D eigenvalue weighted by Gasteiger charge is -2.40. The molecule has 2 aliphatic rings. The van der Waals surface area contributed by atoms with E-state index in [4.69, 9.17) is 27.9 Å². The second-order valence-corrected chi connectivity index (χ2v) is 9.61. The highest BCUT2D eigenvalue weighted by molar-refractivity contribution is 6.42. The first-order chi connectivity index (χ1) is 16.7. The predicted octanol–water partition coefficient (Wildman–Crippen LogP) is 3.86. The monoisotopic (exact) mass is 522 g/mol. The van der Waals surface area contributed by atoms with Gasteiger partial charge in [0.15, 0.2) is 0 Å². The summed E-state index contributed by atoms with van der Waals surface area (Å²) < 4.78 is 5.41. The van der Waals surface area contributed by atoms with Gasteiger partial charge in [0.2, 0.25) is 5.91 Å². The van der Waals surface area contributed by atoms with Crippen LogP contribution in [-0.4, -0.2) is 78.5 Å². The van der Waals surface area contributed by atoms with E-state index in [1.54, 1.807) is 31.2 Å². The van der Waals surface area contributed by atoms with Crippen molar-refractivity contribution in [2.75, 3.05) is 45.9 Å². The van der Waals surface area contributed by atoms with Gasteiger partial charge in [-0.2, -0.15) is 0 Å². The van der Waals surface area contributed by atoms with E-state index in [-0.39, 0.29) is 31.0 Å². The maximum Gasteiger partial charge on any atom is 0.338 e. The maximum absolute atomic E-state index is 13.2. The minimum atomic E-state index is -0.754. The number of hydrogen-bond acceptors (Lipinski definition) is 5. The Kier molecular flexibility index (Phi) is 9.21. The number of nitrogens with zero attached hydrogens (tertiary/aromatic N) is 3. The van der Waals surface area contributed by atoms with Gasteiger partial charge in [0.25, 0.3) is 0 Å². The maximum atomic E-state index is 13.2. The van der Waals surface area contributed by atoms with Crippen molar-refractivity contribution in [2.45, 2.75) is 26.8 Å². The standard InChI is InChI=1S/C25H32Cl2N4O4/c1-5-9-31-20(15-29-10-12-30(13-11-29)23(32)16(3)4)21(24(33)35-6-2)22(28-25(31)34)17-7-8-18(26)19(27)14-17/h5,7-8,14,16,22H,1,6,9-13,15H2,2-4H3,(H,28,34)/t22-/m1/s1. The highest BCUT2D eigenvalue weighted by Crippen LogP contribution is 2.35. The summed E-state index contributed by atoms with van der Waals surface area (Å²) >= 11 is 12.3. The summed E-state index contributed by atoms with van der Waals surface area (Å²) in [4.78, 5) is 44.3. The number of esters is 1. The third kappa shape index (κ3) is 6.18. The smallest absolute Gasteiger partial charge is 0.338 e. The molecule has 1 aromatic carbocycles. The van der Waals surface area contributed by atoms with Crippen molar-refractivity contribution in [3.8, 4) is 0 Å². The van der Waals surface area contributed by atoms with Crippen LogP contribution in [0.4, 0.5) is 4.79 Å². The Morgan fingerprint density at radius 3 is 2.46 bits per heavy atom. The first kappa shape index (κ1) is 27.0. The Balaban J connectivity index is 2.00. The molecule has 2 heterocycles. The third-order valence-corrected chi connectivity index (χ3v) is 6.81. The molecule has 1 atom stereocenters. The van der Waals surface area contributed by atoms with Crippen LogP contribution in [0.2, 0.25) is 10.0 Å². The van der Waals surface area contributed by atoms with Gasteiger partial charge in [-0.05, 0) is 24.6 Å². The summed E-state index contributed by atoms with van der Waals surface area (Å²) in [5, 5.41) is 3.61. The number of benzene rings is 1. The second kappa shape index (κ2) is 11.9. The van der Waals surface area contributed by atoms with Crippen LogP contribution >= 0.6 is 23.2 Å². The molecule has 0 aliphatic carbocycles. The molecule has 3 rings (SSSR count). The molecule has 0 saturated carbocycles. The summed E-state index contributed by atoms with van der Waals surface area (Å²) in [7, 11) is 0. The van der Waals surface area contributed by atoms with Crippen LogP contribution in [-0.2, 0) is 14.3 Å². The Bertz CT molecular complexity index is 1020. The first-order valence-electron chi connectivity index (χ1n) is 11.7. The zero-order chi connectivity index (χ0) is 25.7. The van der Waals surface area contributed by atoms with Gasteiger partial charge >= 0.3 is 12.0 Å². The fraction of sp³-hybridized carbons (Fsp3) is 0.480. The number of carbonyl (C=O) groups is 3. The zero-order valence-corrected chi connectivity index (χ0v) is 21.9. The number of carbonyl (C=O) groups excluding carboxylic acids is 3. The number of nitrogens with one attached hydrogen (secondary N) is 1. The summed E-state index contributed by atoms with van der Waals surface area (Å²) in [5.74, 6) is -0.445. The number of rotatable bonds is 8. The summed E-state index contributed by atoms with van der Waals surface area (Å²) in [5.41, 5.74) is 1.51. The van der Waals surface area contributed by atoms with E-state index < -0.39 is 12.0 Å². The lowest BCUT2D eigenvalue weighted by Crippen LogP contribution is -2.54. The van der Waals surface area contributed by atoms with Gasteiger partial charge in [-0.1, -0.05) is 49.2 Å². The highest BCUT2D eigenvalue weighted by atomic mass is 35.5. The molecule has 0 aromatic heterocycles. The van der Waals surface area contributed by atoms with Crippen LogP contribution in [0.1, 0.15) is 32.4 Å². The third-order valence-electron chi connectivity index (χ3n) is 6.07. The molecule has 1 fully saturated rings. The number of piperazine rings is 1. The number of ether oxygens (including phenoxy) is 1. The number of amides is 3. The minimum Gasteiger partial charge on any atom is -0.463 e. The Hall–Kier alpha value is -2.55. The molecule has 0 bridgehead atoms. The molecule has 0 unspecified atom stereocenters. The summed E-state index contributed by atoms with van der Waals surface area (Å²) in [6.45, 7) is 12.5. The summed E-state index contributed by atoms with van der Waals surface area (Å²) in [6.07, 6.45) is 1.61. The molecule has 3 amide bonds. The van der Waals surface area contributed by atoms with E-state index in [9.17, 15) is 14.4 Å². The van der Waals surface area contributed by atoms with Crippen molar-refractivity contribution in [2.24, 2.45) is 5.92 Å². The normalized spacial score (nSPS) is 19.1. The van der Waals surface area contributed by atoms with Crippen LogP contribution in [0.5, 0.6) is 0 Å². The topological polar surface area (TPSA) is 82.2 Å². The van der Waals surface area contributed by atoms with Crippen molar-refractivity contribution < 1.29 is 19.1 Å². The second-order valence-electron chi connectivity index (χ2n) is 8.79. The quantitative estimate of drug-likeness (QED) is 0.414. The zero-order valence-electron chi connectivity index (χ0n) is 20.4. The minimum absolute atomic E-state index is 0.0586.